The number of ether oxygens (including phenoxy) is 1. The number of aryl methyl sites for hydroxylation is 1. The number of ketones is 1. The second-order valence-electron chi connectivity index (χ2n) is 6.52. The molecule has 2 rings (SSSR count). The van der Waals surface area contributed by atoms with Crippen molar-refractivity contribution >= 4 is 5.78 Å². The number of hydrogen-bond donors (Lipinski definition) is 2. The van der Waals surface area contributed by atoms with Crippen molar-refractivity contribution in [3.05, 3.63) is 36.4 Å². The number of aromatic hydroxyl groups is 1. The molecule has 0 spiro atoms. The molecule has 0 saturated heterocycles. The number of benzene rings is 1. The largest absolute Gasteiger partial charge is 0.504 e. The second-order valence-corrected chi connectivity index (χ2v) is 6.52. The van der Waals surface area contributed by atoms with E-state index in [2.05, 4.69) is 25.7 Å². The molecule has 1 fully saturated rings. The van der Waals surface area contributed by atoms with Crippen LogP contribution in [0.25, 0.3) is 0 Å². The predicted molar refractivity (Wildman–Crippen MR) is 103 cm³/mol. The Labute approximate surface area is 152 Å². The van der Waals surface area contributed by atoms with Crippen LogP contribution in [-0.4, -0.2) is 29.6 Å². The van der Waals surface area contributed by atoms with Crippen LogP contribution in [0.1, 0.15) is 46.1 Å². The minimum atomic E-state index is -0.505. The van der Waals surface area contributed by atoms with Crippen LogP contribution in [0.5, 0.6) is 11.5 Å². The van der Waals surface area contributed by atoms with E-state index in [9.17, 15) is 9.90 Å². The number of hydrogen-bond acceptors (Lipinski definition) is 4. The first-order valence-corrected chi connectivity index (χ1v) is 9.27. The SMILES string of the molecule is C=CCNC(C)C1CCC(=O)C(Oc2cc(C)ccc2O)C1C.CC. The van der Waals surface area contributed by atoms with Gasteiger partial charge in [-0.3, -0.25) is 4.79 Å². The van der Waals surface area contributed by atoms with Gasteiger partial charge in [0.25, 0.3) is 0 Å². The van der Waals surface area contributed by atoms with Crippen molar-refractivity contribution in [3.63, 3.8) is 0 Å². The molecule has 0 heterocycles. The Kier molecular flexibility index (Phi) is 8.70. The van der Waals surface area contributed by atoms with E-state index < -0.39 is 6.10 Å². The van der Waals surface area contributed by atoms with E-state index in [1.54, 1.807) is 12.1 Å². The van der Waals surface area contributed by atoms with Gasteiger partial charge in [-0.1, -0.05) is 32.9 Å². The lowest BCUT2D eigenvalue weighted by molar-refractivity contribution is -0.132. The van der Waals surface area contributed by atoms with E-state index in [1.165, 1.54) is 0 Å². The van der Waals surface area contributed by atoms with Crippen molar-refractivity contribution in [1.82, 2.24) is 5.32 Å². The van der Waals surface area contributed by atoms with Gasteiger partial charge in [-0.05, 0) is 43.9 Å². The Morgan fingerprint density at radius 2 is 2.12 bits per heavy atom. The first-order valence-electron chi connectivity index (χ1n) is 9.27. The normalized spacial score (nSPS) is 24.0. The highest BCUT2D eigenvalue weighted by atomic mass is 16.5. The molecule has 4 atom stereocenters. The number of carbonyl (C=O) groups excluding carboxylic acids is 1. The maximum absolute atomic E-state index is 12.3. The molecule has 25 heavy (non-hydrogen) atoms. The standard InChI is InChI=1S/C19H27NO3.C2H6/c1-5-10-20-14(4)15-7-9-17(22)19(13(15)3)23-18-11-12(2)6-8-16(18)21;1-2/h5-6,8,11,13-15,19-21H,1,7,9-10H2,2-4H3;1-2H3. The zero-order valence-electron chi connectivity index (χ0n) is 16.2. The molecule has 1 aromatic rings. The highest BCUT2D eigenvalue weighted by Crippen LogP contribution is 2.35. The number of phenolic OH excluding ortho intramolecular Hbond substituents is 1. The van der Waals surface area contributed by atoms with Gasteiger partial charge < -0.3 is 15.2 Å². The smallest absolute Gasteiger partial charge is 0.173 e. The van der Waals surface area contributed by atoms with Crippen LogP contribution in [0.15, 0.2) is 30.9 Å². The molecule has 1 aliphatic rings. The number of rotatable bonds is 6. The first kappa shape index (κ1) is 21.2. The summed E-state index contributed by atoms with van der Waals surface area (Å²) in [6.45, 7) is 14.6. The summed E-state index contributed by atoms with van der Waals surface area (Å²) in [5.41, 5.74) is 0.992. The van der Waals surface area contributed by atoms with Crippen molar-refractivity contribution in [1.29, 1.82) is 0 Å². The maximum Gasteiger partial charge on any atom is 0.173 e. The van der Waals surface area contributed by atoms with E-state index in [0.29, 0.717) is 18.1 Å². The third-order valence-corrected chi connectivity index (χ3v) is 4.79. The quantitative estimate of drug-likeness (QED) is 0.755. The van der Waals surface area contributed by atoms with E-state index in [-0.39, 0.29) is 23.5 Å². The minimum absolute atomic E-state index is 0.0792. The number of phenols is 1. The average molecular weight is 347 g/mol. The molecule has 4 unspecified atom stereocenters. The lowest BCUT2D eigenvalue weighted by Gasteiger charge is -2.38. The third-order valence-electron chi connectivity index (χ3n) is 4.79. The van der Waals surface area contributed by atoms with Gasteiger partial charge in [-0.25, -0.2) is 0 Å². The van der Waals surface area contributed by atoms with Crippen molar-refractivity contribution in [3.8, 4) is 11.5 Å². The Balaban J connectivity index is 0.00000151. The van der Waals surface area contributed by atoms with E-state index in [4.69, 9.17) is 4.74 Å². The average Bonchev–Trinajstić information content (AvgIpc) is 2.61. The Hall–Kier alpha value is -1.81. The summed E-state index contributed by atoms with van der Waals surface area (Å²) >= 11 is 0. The van der Waals surface area contributed by atoms with Crippen LogP contribution in [0.3, 0.4) is 0 Å². The highest BCUT2D eigenvalue weighted by Gasteiger charge is 2.39. The van der Waals surface area contributed by atoms with Gasteiger partial charge in [0.05, 0.1) is 0 Å². The number of nitrogens with one attached hydrogen (secondary N) is 1. The van der Waals surface area contributed by atoms with Gasteiger partial charge in [0.15, 0.2) is 23.4 Å². The van der Waals surface area contributed by atoms with Gasteiger partial charge in [-0.2, -0.15) is 0 Å². The summed E-state index contributed by atoms with van der Waals surface area (Å²) < 4.78 is 5.93. The molecule has 0 radical (unpaired) electrons. The van der Waals surface area contributed by atoms with Gasteiger partial charge in [0.1, 0.15) is 0 Å². The molecule has 4 nitrogen and oxygen atoms in total. The zero-order valence-corrected chi connectivity index (χ0v) is 16.2. The molecule has 0 bridgehead atoms. The van der Waals surface area contributed by atoms with Crippen LogP contribution in [-0.2, 0) is 4.79 Å². The van der Waals surface area contributed by atoms with Crippen LogP contribution >= 0.6 is 0 Å². The Bertz CT molecular complexity index is 570. The lowest BCUT2D eigenvalue weighted by Crippen LogP contribution is -2.48. The van der Waals surface area contributed by atoms with Gasteiger partial charge >= 0.3 is 0 Å². The molecule has 1 saturated carbocycles. The Morgan fingerprint density at radius 1 is 1.44 bits per heavy atom. The van der Waals surface area contributed by atoms with Crippen LogP contribution < -0.4 is 10.1 Å². The molecule has 0 amide bonds. The van der Waals surface area contributed by atoms with Gasteiger partial charge in [-0.15, -0.1) is 6.58 Å². The number of carbonyl (C=O) groups is 1. The summed E-state index contributed by atoms with van der Waals surface area (Å²) in [7, 11) is 0. The summed E-state index contributed by atoms with van der Waals surface area (Å²) in [4.78, 5) is 12.3. The minimum Gasteiger partial charge on any atom is -0.504 e. The Morgan fingerprint density at radius 3 is 2.76 bits per heavy atom. The van der Waals surface area contributed by atoms with E-state index in [1.807, 2.05) is 32.9 Å². The fourth-order valence-corrected chi connectivity index (χ4v) is 3.38. The zero-order chi connectivity index (χ0) is 19.0. The first-order chi connectivity index (χ1) is 11.9. The van der Waals surface area contributed by atoms with Crippen LogP contribution in [0.4, 0.5) is 0 Å². The molecule has 0 aromatic heterocycles. The maximum atomic E-state index is 12.3. The molecule has 140 valence electrons. The van der Waals surface area contributed by atoms with Gasteiger partial charge in [0.2, 0.25) is 0 Å². The van der Waals surface area contributed by atoms with Crippen molar-refractivity contribution < 1.29 is 14.6 Å². The lowest BCUT2D eigenvalue weighted by atomic mass is 9.74. The summed E-state index contributed by atoms with van der Waals surface area (Å²) in [5, 5.41) is 13.4. The van der Waals surface area contributed by atoms with Crippen molar-refractivity contribution in [2.24, 2.45) is 11.8 Å². The predicted octanol–water partition coefficient (Wildman–Crippen LogP) is 4.25. The summed E-state index contributed by atoms with van der Waals surface area (Å²) in [6.07, 6.45) is 2.72. The van der Waals surface area contributed by atoms with Crippen LogP contribution in [0, 0.1) is 18.8 Å². The van der Waals surface area contributed by atoms with E-state index in [0.717, 1.165) is 18.5 Å². The van der Waals surface area contributed by atoms with E-state index >= 15 is 0 Å². The molecule has 0 aliphatic heterocycles. The molecular weight excluding hydrogens is 314 g/mol. The fraction of sp³-hybridized carbons (Fsp3) is 0.571. The molecule has 1 aromatic carbocycles. The number of Topliss-reactive ketones (excluding diaryl/α,β-unsaturated/α-hetero) is 1. The topological polar surface area (TPSA) is 58.6 Å². The monoisotopic (exact) mass is 347 g/mol. The van der Waals surface area contributed by atoms with Crippen molar-refractivity contribution in [2.75, 3.05) is 6.54 Å². The van der Waals surface area contributed by atoms with Crippen molar-refractivity contribution in [2.45, 2.75) is 59.6 Å². The highest BCUT2D eigenvalue weighted by molar-refractivity contribution is 5.84. The summed E-state index contributed by atoms with van der Waals surface area (Å²) in [5.74, 6) is 1.02. The molecule has 1 aliphatic carbocycles. The second kappa shape index (κ2) is 10.2. The molecular formula is C21H33NO3. The molecule has 2 N–H and O–H groups in total. The van der Waals surface area contributed by atoms with Crippen LogP contribution in [0.2, 0.25) is 0 Å². The third kappa shape index (κ3) is 5.60. The summed E-state index contributed by atoms with van der Waals surface area (Å²) in [6, 6.07) is 5.48. The fourth-order valence-electron chi connectivity index (χ4n) is 3.38. The van der Waals surface area contributed by atoms with Gasteiger partial charge in [0, 0.05) is 24.9 Å². The molecule has 4 heteroatoms.